The second-order valence-corrected chi connectivity index (χ2v) is 5.03. The van der Waals surface area contributed by atoms with Crippen molar-refractivity contribution < 1.29 is 4.92 Å². The molecule has 0 aliphatic carbocycles. The molecular weight excluding hydrogens is 244 g/mol. The zero-order chi connectivity index (χ0) is 13.8. The number of nitro groups is 1. The highest BCUT2D eigenvalue weighted by Crippen LogP contribution is 2.30. The van der Waals surface area contributed by atoms with Gasteiger partial charge in [-0.3, -0.25) is 10.1 Å². The van der Waals surface area contributed by atoms with Crippen molar-refractivity contribution >= 4 is 17.1 Å². The summed E-state index contributed by atoms with van der Waals surface area (Å²) >= 11 is 0. The average molecular weight is 264 g/mol. The Balaban J connectivity index is 2.13. The molecule has 6 nitrogen and oxygen atoms in total. The third kappa shape index (κ3) is 3.14. The van der Waals surface area contributed by atoms with E-state index in [9.17, 15) is 10.1 Å². The van der Waals surface area contributed by atoms with Crippen LogP contribution in [0.5, 0.6) is 0 Å². The van der Waals surface area contributed by atoms with E-state index in [2.05, 4.69) is 4.90 Å². The normalized spacial score (nSPS) is 19.4. The lowest BCUT2D eigenvalue weighted by Gasteiger charge is -2.34. The summed E-state index contributed by atoms with van der Waals surface area (Å²) in [5.74, 6) is 0.607. The van der Waals surface area contributed by atoms with Crippen LogP contribution in [0.25, 0.3) is 0 Å². The number of hydrogen-bond donors (Lipinski definition) is 2. The van der Waals surface area contributed by atoms with Gasteiger partial charge in [-0.25, -0.2) is 0 Å². The van der Waals surface area contributed by atoms with Gasteiger partial charge in [0, 0.05) is 24.8 Å². The second kappa shape index (κ2) is 5.88. The van der Waals surface area contributed by atoms with Crippen LogP contribution in [0, 0.1) is 16.0 Å². The number of hydrogen-bond acceptors (Lipinski definition) is 5. The topological polar surface area (TPSA) is 98.4 Å². The van der Waals surface area contributed by atoms with E-state index >= 15 is 0 Å². The number of nitro benzene ring substituents is 1. The Hall–Kier alpha value is -1.82. The lowest BCUT2D eigenvalue weighted by Crippen LogP contribution is -2.36. The molecule has 1 aliphatic rings. The number of anilines is 2. The Bertz CT molecular complexity index is 462. The summed E-state index contributed by atoms with van der Waals surface area (Å²) in [6.07, 6.45) is 3.36. The first-order valence-corrected chi connectivity index (χ1v) is 6.60. The molecule has 104 valence electrons. The van der Waals surface area contributed by atoms with Crippen molar-refractivity contribution in [3.05, 3.63) is 28.3 Å². The number of piperidine rings is 1. The fourth-order valence-electron chi connectivity index (χ4n) is 2.68. The molecule has 0 spiro atoms. The third-order valence-electron chi connectivity index (χ3n) is 3.67. The molecule has 1 aromatic rings. The SMILES string of the molecule is NCCC1CCCN(c2ccc([N+](=O)[O-])c(N)c2)C1. The maximum atomic E-state index is 10.7. The third-order valence-corrected chi connectivity index (χ3v) is 3.67. The Morgan fingerprint density at radius 2 is 2.26 bits per heavy atom. The van der Waals surface area contributed by atoms with Crippen molar-refractivity contribution in [1.29, 1.82) is 0 Å². The lowest BCUT2D eigenvalue weighted by molar-refractivity contribution is -0.383. The van der Waals surface area contributed by atoms with E-state index in [-0.39, 0.29) is 11.4 Å². The molecular formula is C13H20N4O2. The highest BCUT2D eigenvalue weighted by molar-refractivity contribution is 5.66. The standard InChI is InChI=1S/C13H20N4O2/c14-6-5-10-2-1-7-16(9-10)11-3-4-13(17(18)19)12(15)8-11/h3-4,8,10H,1-2,5-7,9,14-15H2. The smallest absolute Gasteiger partial charge is 0.292 e. The maximum Gasteiger partial charge on any atom is 0.292 e. The fraction of sp³-hybridized carbons (Fsp3) is 0.538. The highest BCUT2D eigenvalue weighted by Gasteiger charge is 2.21. The van der Waals surface area contributed by atoms with Gasteiger partial charge < -0.3 is 16.4 Å². The van der Waals surface area contributed by atoms with Crippen molar-refractivity contribution in [1.82, 2.24) is 0 Å². The summed E-state index contributed by atoms with van der Waals surface area (Å²) in [5, 5.41) is 10.7. The minimum Gasteiger partial charge on any atom is -0.393 e. The second-order valence-electron chi connectivity index (χ2n) is 5.03. The van der Waals surface area contributed by atoms with Crippen LogP contribution in [-0.4, -0.2) is 24.6 Å². The van der Waals surface area contributed by atoms with Crippen LogP contribution in [0.15, 0.2) is 18.2 Å². The molecule has 0 bridgehead atoms. The van der Waals surface area contributed by atoms with Crippen LogP contribution in [-0.2, 0) is 0 Å². The maximum absolute atomic E-state index is 10.7. The molecule has 0 saturated carbocycles. The van der Waals surface area contributed by atoms with Crippen molar-refractivity contribution in [2.75, 3.05) is 30.3 Å². The number of nitrogen functional groups attached to an aromatic ring is 1. The number of nitrogens with zero attached hydrogens (tertiary/aromatic N) is 2. The molecule has 1 heterocycles. The lowest BCUT2D eigenvalue weighted by atomic mass is 9.94. The van der Waals surface area contributed by atoms with E-state index in [1.807, 2.05) is 0 Å². The van der Waals surface area contributed by atoms with Gasteiger partial charge in [0.05, 0.1) is 4.92 Å². The van der Waals surface area contributed by atoms with Gasteiger partial charge in [0.2, 0.25) is 0 Å². The molecule has 0 aromatic heterocycles. The van der Waals surface area contributed by atoms with Crippen molar-refractivity contribution in [3.63, 3.8) is 0 Å². The monoisotopic (exact) mass is 264 g/mol. The first-order valence-electron chi connectivity index (χ1n) is 6.60. The average Bonchev–Trinajstić information content (AvgIpc) is 2.39. The zero-order valence-electron chi connectivity index (χ0n) is 10.9. The number of rotatable bonds is 4. The predicted octanol–water partition coefficient (Wildman–Crippen LogP) is 1.74. The van der Waals surface area contributed by atoms with Crippen LogP contribution >= 0.6 is 0 Å². The van der Waals surface area contributed by atoms with Crippen LogP contribution < -0.4 is 16.4 Å². The summed E-state index contributed by atoms with van der Waals surface area (Å²) in [7, 11) is 0. The molecule has 1 atom stereocenters. The molecule has 19 heavy (non-hydrogen) atoms. The Morgan fingerprint density at radius 3 is 2.89 bits per heavy atom. The van der Waals surface area contributed by atoms with Crippen LogP contribution in [0.4, 0.5) is 17.1 Å². The predicted molar refractivity (Wildman–Crippen MR) is 76.1 cm³/mol. The van der Waals surface area contributed by atoms with E-state index in [0.717, 1.165) is 31.6 Å². The molecule has 1 unspecified atom stereocenters. The van der Waals surface area contributed by atoms with Crippen LogP contribution in [0.1, 0.15) is 19.3 Å². The largest absolute Gasteiger partial charge is 0.393 e. The van der Waals surface area contributed by atoms with Gasteiger partial charge in [-0.2, -0.15) is 0 Å². The van der Waals surface area contributed by atoms with Gasteiger partial charge in [-0.1, -0.05) is 0 Å². The number of benzene rings is 1. The van der Waals surface area contributed by atoms with Gasteiger partial charge >= 0.3 is 0 Å². The fourth-order valence-corrected chi connectivity index (χ4v) is 2.68. The van der Waals surface area contributed by atoms with Gasteiger partial charge in [0.1, 0.15) is 5.69 Å². The van der Waals surface area contributed by atoms with Gasteiger partial charge in [-0.15, -0.1) is 0 Å². The van der Waals surface area contributed by atoms with Crippen molar-refractivity contribution in [3.8, 4) is 0 Å². The number of nitrogens with two attached hydrogens (primary N) is 2. The quantitative estimate of drug-likeness (QED) is 0.490. The Kier molecular flexibility index (Phi) is 4.21. The van der Waals surface area contributed by atoms with Crippen molar-refractivity contribution in [2.45, 2.75) is 19.3 Å². The molecule has 1 saturated heterocycles. The molecule has 0 radical (unpaired) electrons. The minimum absolute atomic E-state index is 0.0285. The molecule has 0 amide bonds. The minimum atomic E-state index is -0.452. The Labute approximate surface area is 112 Å². The molecule has 4 N–H and O–H groups in total. The highest BCUT2D eigenvalue weighted by atomic mass is 16.6. The molecule has 2 rings (SSSR count). The summed E-state index contributed by atoms with van der Waals surface area (Å²) in [5.41, 5.74) is 12.5. The summed E-state index contributed by atoms with van der Waals surface area (Å²) in [6, 6.07) is 4.96. The zero-order valence-corrected chi connectivity index (χ0v) is 10.9. The van der Waals surface area contributed by atoms with E-state index in [4.69, 9.17) is 11.5 Å². The molecule has 1 fully saturated rings. The van der Waals surface area contributed by atoms with Crippen LogP contribution in [0.3, 0.4) is 0 Å². The summed E-state index contributed by atoms with van der Waals surface area (Å²) in [4.78, 5) is 12.5. The molecule has 1 aliphatic heterocycles. The van der Waals surface area contributed by atoms with E-state index in [1.165, 1.54) is 12.5 Å². The van der Waals surface area contributed by atoms with Gasteiger partial charge in [-0.05, 0) is 43.9 Å². The van der Waals surface area contributed by atoms with Gasteiger partial charge in [0.25, 0.3) is 5.69 Å². The Morgan fingerprint density at radius 1 is 1.47 bits per heavy atom. The molecule has 1 aromatic carbocycles. The van der Waals surface area contributed by atoms with E-state index in [1.54, 1.807) is 12.1 Å². The first kappa shape index (κ1) is 13.6. The molecule has 6 heteroatoms. The summed E-state index contributed by atoms with van der Waals surface area (Å²) in [6.45, 7) is 2.63. The van der Waals surface area contributed by atoms with E-state index in [0.29, 0.717) is 12.5 Å². The first-order chi connectivity index (χ1) is 9.11. The van der Waals surface area contributed by atoms with E-state index < -0.39 is 4.92 Å². The van der Waals surface area contributed by atoms with Crippen molar-refractivity contribution in [2.24, 2.45) is 11.7 Å². The summed E-state index contributed by atoms with van der Waals surface area (Å²) < 4.78 is 0. The van der Waals surface area contributed by atoms with Crippen LogP contribution in [0.2, 0.25) is 0 Å². The van der Waals surface area contributed by atoms with Gasteiger partial charge in [0.15, 0.2) is 0 Å².